The van der Waals surface area contributed by atoms with Gasteiger partial charge in [-0.2, -0.15) is 0 Å². The number of benzene rings is 4. The van der Waals surface area contributed by atoms with Crippen molar-refractivity contribution in [3.05, 3.63) is 170 Å². The molecule has 43 heavy (non-hydrogen) atoms. The van der Waals surface area contributed by atoms with E-state index in [9.17, 15) is 0 Å². The van der Waals surface area contributed by atoms with Crippen LogP contribution in [-0.4, -0.2) is 11.5 Å². The monoisotopic (exact) mass is 556 g/mol. The van der Waals surface area contributed by atoms with Gasteiger partial charge in [-0.05, 0) is 93.0 Å². The Morgan fingerprint density at radius 1 is 0.698 bits per heavy atom. The molecule has 2 heteroatoms. The van der Waals surface area contributed by atoms with E-state index in [1.165, 1.54) is 49.4 Å². The van der Waals surface area contributed by atoms with E-state index in [4.69, 9.17) is 4.98 Å². The van der Waals surface area contributed by atoms with Crippen molar-refractivity contribution >= 4 is 27.1 Å². The molecule has 0 aliphatic carbocycles. The molecule has 6 rings (SSSR count). The number of nitrogens with one attached hydrogen (secondary N) is 1. The SMILES string of the molecule is C=CC/C=C\C=C/C/C=C\Cc1c2ccccc2c(-c2ccc(-c3cc(C4=CCNC=C4)ccn3)cc2)c2ccccc12. The molecule has 1 aromatic heterocycles. The van der Waals surface area contributed by atoms with Crippen LogP contribution in [0.5, 0.6) is 0 Å². The number of fused-ring (bicyclic) bond motifs is 2. The van der Waals surface area contributed by atoms with E-state index in [2.05, 4.69) is 145 Å². The number of nitrogens with zero attached hydrogens (tertiary/aromatic N) is 1. The molecule has 0 unspecified atom stereocenters. The summed E-state index contributed by atoms with van der Waals surface area (Å²) in [5, 5.41) is 8.42. The van der Waals surface area contributed by atoms with Crippen molar-refractivity contribution in [1.29, 1.82) is 0 Å². The molecule has 0 fully saturated rings. The first-order valence-electron chi connectivity index (χ1n) is 15.0. The van der Waals surface area contributed by atoms with Crippen molar-refractivity contribution in [2.45, 2.75) is 19.3 Å². The van der Waals surface area contributed by atoms with Gasteiger partial charge in [-0.25, -0.2) is 0 Å². The second-order valence-electron chi connectivity index (χ2n) is 10.6. The zero-order valence-corrected chi connectivity index (χ0v) is 24.4. The average Bonchev–Trinajstić information content (AvgIpc) is 3.08. The van der Waals surface area contributed by atoms with Gasteiger partial charge in [0.25, 0.3) is 0 Å². The van der Waals surface area contributed by atoms with Crippen LogP contribution in [0.1, 0.15) is 24.0 Å². The molecule has 210 valence electrons. The first-order chi connectivity index (χ1) is 21.3. The number of hydrogen-bond acceptors (Lipinski definition) is 2. The lowest BCUT2D eigenvalue weighted by atomic mass is 9.87. The normalized spacial score (nSPS) is 13.3. The number of hydrogen-bond donors (Lipinski definition) is 1. The van der Waals surface area contributed by atoms with Crippen LogP contribution in [0, 0.1) is 0 Å². The second-order valence-corrected chi connectivity index (χ2v) is 10.6. The Bertz CT molecular complexity index is 1840. The van der Waals surface area contributed by atoms with E-state index < -0.39 is 0 Å². The molecule has 2 nitrogen and oxygen atoms in total. The fraction of sp³-hybridized carbons (Fsp3) is 0.0976. The first-order valence-corrected chi connectivity index (χ1v) is 15.0. The lowest BCUT2D eigenvalue weighted by molar-refractivity contribution is 0.975. The standard InChI is InChI=1S/C41H36N2/c1-2-3-4-5-6-7-8-9-10-15-35-36-16-11-13-18-38(36)41(39-19-14-12-17-37(35)39)33-22-20-32(21-23-33)40-30-34(26-29-43-40)31-24-27-42-28-25-31/h2,4-7,9-14,16-27,29-30,42H,1,3,8,15,28H2/b5-4-,7-6-,10-9-. The maximum atomic E-state index is 4.70. The summed E-state index contributed by atoms with van der Waals surface area (Å²) in [7, 11) is 0. The quantitative estimate of drug-likeness (QED) is 0.105. The van der Waals surface area contributed by atoms with Crippen molar-refractivity contribution in [3.63, 3.8) is 0 Å². The molecule has 2 heterocycles. The van der Waals surface area contributed by atoms with Crippen molar-refractivity contribution in [2.24, 2.45) is 0 Å². The summed E-state index contributed by atoms with van der Waals surface area (Å²) in [5.74, 6) is 0. The predicted octanol–water partition coefficient (Wildman–Crippen LogP) is 10.4. The van der Waals surface area contributed by atoms with Gasteiger partial charge < -0.3 is 5.32 Å². The summed E-state index contributed by atoms with van der Waals surface area (Å²) in [6.45, 7) is 4.60. The van der Waals surface area contributed by atoms with Crippen molar-refractivity contribution in [2.75, 3.05) is 6.54 Å². The first kappa shape index (κ1) is 27.9. The minimum absolute atomic E-state index is 0.848. The summed E-state index contributed by atoms with van der Waals surface area (Å²) in [6.07, 6.45) is 25.9. The third kappa shape index (κ3) is 6.34. The second kappa shape index (κ2) is 13.6. The number of pyridine rings is 1. The lowest BCUT2D eigenvalue weighted by Crippen LogP contribution is -2.08. The highest BCUT2D eigenvalue weighted by molar-refractivity contribution is 6.15. The van der Waals surface area contributed by atoms with Crippen molar-refractivity contribution in [3.8, 4) is 22.4 Å². The summed E-state index contributed by atoms with van der Waals surface area (Å²) < 4.78 is 0. The summed E-state index contributed by atoms with van der Waals surface area (Å²) in [5.41, 5.74) is 8.38. The molecule has 0 radical (unpaired) electrons. The molecule has 4 aromatic carbocycles. The van der Waals surface area contributed by atoms with Gasteiger partial charge in [0, 0.05) is 18.3 Å². The van der Waals surface area contributed by atoms with Gasteiger partial charge >= 0.3 is 0 Å². The molecule has 5 aromatic rings. The molecule has 1 aliphatic heterocycles. The fourth-order valence-corrected chi connectivity index (χ4v) is 5.78. The smallest absolute Gasteiger partial charge is 0.0708 e. The summed E-state index contributed by atoms with van der Waals surface area (Å²) in [4.78, 5) is 4.70. The molecular formula is C41H36N2. The predicted molar refractivity (Wildman–Crippen MR) is 186 cm³/mol. The third-order valence-corrected chi connectivity index (χ3v) is 7.87. The fourth-order valence-electron chi connectivity index (χ4n) is 5.78. The van der Waals surface area contributed by atoms with Crippen LogP contribution in [-0.2, 0) is 6.42 Å². The van der Waals surface area contributed by atoms with E-state index in [0.29, 0.717) is 0 Å². The zero-order chi connectivity index (χ0) is 29.3. The van der Waals surface area contributed by atoms with Gasteiger partial charge in [0.2, 0.25) is 0 Å². The average molecular weight is 557 g/mol. The van der Waals surface area contributed by atoms with Crippen LogP contribution in [0.15, 0.2) is 159 Å². The van der Waals surface area contributed by atoms with Gasteiger partial charge in [-0.3, -0.25) is 4.98 Å². The minimum Gasteiger partial charge on any atom is -0.387 e. The van der Waals surface area contributed by atoms with Gasteiger partial charge in [-0.15, -0.1) is 6.58 Å². The van der Waals surface area contributed by atoms with E-state index >= 15 is 0 Å². The van der Waals surface area contributed by atoms with Crippen LogP contribution < -0.4 is 5.32 Å². The van der Waals surface area contributed by atoms with Crippen molar-refractivity contribution in [1.82, 2.24) is 10.3 Å². The van der Waals surface area contributed by atoms with E-state index in [1.807, 2.05) is 18.5 Å². The Hall–Kier alpha value is -5.21. The van der Waals surface area contributed by atoms with E-state index in [1.54, 1.807) is 0 Å². The lowest BCUT2D eigenvalue weighted by Gasteiger charge is -2.17. The minimum atomic E-state index is 0.848. The van der Waals surface area contributed by atoms with Crippen LogP contribution >= 0.6 is 0 Å². The highest BCUT2D eigenvalue weighted by atomic mass is 14.8. The summed E-state index contributed by atoms with van der Waals surface area (Å²) in [6, 6.07) is 30.8. The molecule has 1 N–H and O–H groups in total. The maximum absolute atomic E-state index is 4.70. The molecule has 0 bridgehead atoms. The van der Waals surface area contributed by atoms with Crippen molar-refractivity contribution < 1.29 is 0 Å². The van der Waals surface area contributed by atoms with Crippen LogP contribution in [0.4, 0.5) is 0 Å². The molecule has 0 spiro atoms. The zero-order valence-electron chi connectivity index (χ0n) is 24.4. The molecular weight excluding hydrogens is 520 g/mol. The number of rotatable bonds is 10. The Kier molecular flexibility index (Phi) is 8.86. The van der Waals surface area contributed by atoms with Gasteiger partial charge in [0.05, 0.1) is 5.69 Å². The number of dihydropyridines is 1. The van der Waals surface area contributed by atoms with E-state index in [-0.39, 0.29) is 0 Å². The Morgan fingerprint density at radius 3 is 2.05 bits per heavy atom. The van der Waals surface area contributed by atoms with Gasteiger partial charge in [0.1, 0.15) is 0 Å². The third-order valence-electron chi connectivity index (χ3n) is 7.87. The van der Waals surface area contributed by atoms with Gasteiger partial charge in [-0.1, -0.05) is 121 Å². The Morgan fingerprint density at radius 2 is 1.37 bits per heavy atom. The molecule has 1 aliphatic rings. The summed E-state index contributed by atoms with van der Waals surface area (Å²) >= 11 is 0. The van der Waals surface area contributed by atoms with Crippen LogP contribution in [0.3, 0.4) is 0 Å². The van der Waals surface area contributed by atoms with Crippen LogP contribution in [0.25, 0.3) is 49.5 Å². The highest BCUT2D eigenvalue weighted by Crippen LogP contribution is 2.40. The Labute approximate surface area is 254 Å². The number of allylic oxidation sites excluding steroid dienone is 9. The molecule has 0 amide bonds. The molecule has 0 atom stereocenters. The number of aromatic nitrogens is 1. The maximum Gasteiger partial charge on any atom is 0.0708 e. The topological polar surface area (TPSA) is 24.9 Å². The largest absolute Gasteiger partial charge is 0.387 e. The van der Waals surface area contributed by atoms with Gasteiger partial charge in [0.15, 0.2) is 0 Å². The molecule has 0 saturated heterocycles. The Balaban J connectivity index is 1.33. The highest BCUT2D eigenvalue weighted by Gasteiger charge is 2.15. The van der Waals surface area contributed by atoms with Crippen LogP contribution in [0.2, 0.25) is 0 Å². The molecule has 0 saturated carbocycles. The van der Waals surface area contributed by atoms with E-state index in [0.717, 1.165) is 37.1 Å².